The molecule has 0 saturated carbocycles. The van der Waals surface area contributed by atoms with Crippen LogP contribution >= 0.6 is 11.3 Å². The second-order valence-corrected chi connectivity index (χ2v) is 8.51. The molecule has 5 aromatic heterocycles. The Morgan fingerprint density at radius 3 is 2.78 bits per heavy atom. The van der Waals surface area contributed by atoms with Gasteiger partial charge >= 0.3 is 0 Å². The minimum absolute atomic E-state index is 0.620. The number of rotatable bonds is 4. The summed E-state index contributed by atoms with van der Waals surface area (Å²) in [4.78, 5) is 17.3. The number of hydrogen-bond acceptors (Lipinski definition) is 8. The van der Waals surface area contributed by atoms with Crippen LogP contribution in [0, 0.1) is 6.92 Å². The average Bonchev–Trinajstić information content (AvgIpc) is 3.57. The molecule has 1 saturated heterocycles. The Labute approximate surface area is 187 Å². The zero-order valence-electron chi connectivity index (χ0n) is 17.4. The molecule has 0 unspecified atom stereocenters. The van der Waals surface area contributed by atoms with Crippen molar-refractivity contribution in [3.63, 3.8) is 0 Å². The Morgan fingerprint density at radius 1 is 1.09 bits per heavy atom. The fourth-order valence-electron chi connectivity index (χ4n) is 3.98. The summed E-state index contributed by atoms with van der Waals surface area (Å²) in [5, 5.41) is 12.7. The van der Waals surface area contributed by atoms with Crippen LogP contribution in [-0.2, 0) is 4.74 Å². The van der Waals surface area contributed by atoms with Gasteiger partial charge in [0, 0.05) is 31.0 Å². The van der Waals surface area contributed by atoms with E-state index in [1.165, 1.54) is 0 Å². The van der Waals surface area contributed by atoms with Crippen molar-refractivity contribution in [3.8, 4) is 32.5 Å². The van der Waals surface area contributed by atoms with Crippen molar-refractivity contribution in [2.75, 3.05) is 31.2 Å². The van der Waals surface area contributed by atoms with E-state index in [9.17, 15) is 0 Å². The number of fused-ring (bicyclic) bond motifs is 1. The van der Waals surface area contributed by atoms with Gasteiger partial charge in [-0.3, -0.25) is 5.10 Å². The summed E-state index contributed by atoms with van der Waals surface area (Å²) in [5.74, 6) is 1.57. The summed E-state index contributed by atoms with van der Waals surface area (Å²) >= 11 is 1.57. The fourth-order valence-corrected chi connectivity index (χ4v) is 5.11. The number of aryl methyl sites for hydroxylation is 1. The Balaban J connectivity index is 1.46. The van der Waals surface area contributed by atoms with E-state index in [1.807, 2.05) is 42.0 Å². The Kier molecular flexibility index (Phi) is 4.66. The topological polar surface area (TPSA) is 97.1 Å². The largest absolute Gasteiger partial charge is 0.378 e. The van der Waals surface area contributed by atoms with Crippen molar-refractivity contribution >= 4 is 22.7 Å². The number of hydrogen-bond donors (Lipinski definition) is 1. The highest BCUT2D eigenvalue weighted by atomic mass is 32.1. The Hall–Kier alpha value is -3.63. The summed E-state index contributed by atoms with van der Waals surface area (Å²) in [6.45, 7) is 5.17. The normalized spacial score (nSPS) is 14.3. The predicted molar refractivity (Wildman–Crippen MR) is 123 cm³/mol. The standard InChI is InChI=1S/C22H20N8OS/c1-14-18(16-4-2-3-7-30(16)28-14)22-26-19(20(32-22)21-24-13-25-27-21)15-5-6-17(23-12-15)29-8-10-31-11-9-29/h2-7,12-13H,8-11H2,1H3,(H,24,25,27). The van der Waals surface area contributed by atoms with Gasteiger partial charge in [0.2, 0.25) is 0 Å². The van der Waals surface area contributed by atoms with Crippen LogP contribution < -0.4 is 4.90 Å². The molecule has 0 atom stereocenters. The lowest BCUT2D eigenvalue weighted by molar-refractivity contribution is 0.122. The van der Waals surface area contributed by atoms with Crippen LogP contribution in [0.2, 0.25) is 0 Å². The van der Waals surface area contributed by atoms with Gasteiger partial charge in [0.05, 0.1) is 35.7 Å². The number of pyridine rings is 2. The van der Waals surface area contributed by atoms with Crippen LogP contribution in [0.3, 0.4) is 0 Å². The molecule has 0 amide bonds. The molecule has 1 aliphatic rings. The second-order valence-electron chi connectivity index (χ2n) is 7.51. The maximum Gasteiger partial charge on any atom is 0.193 e. The molecule has 1 N–H and O–H groups in total. The minimum Gasteiger partial charge on any atom is -0.378 e. The van der Waals surface area contributed by atoms with E-state index in [1.54, 1.807) is 17.7 Å². The number of nitrogens with one attached hydrogen (secondary N) is 1. The van der Waals surface area contributed by atoms with E-state index < -0.39 is 0 Å². The first kappa shape index (κ1) is 19.1. The summed E-state index contributed by atoms with van der Waals surface area (Å²) in [7, 11) is 0. The fraction of sp³-hybridized carbons (Fsp3) is 0.227. The number of nitrogens with zero attached hydrogens (tertiary/aromatic N) is 7. The molecule has 0 spiro atoms. The number of anilines is 1. The number of ether oxygens (including phenoxy) is 1. The lowest BCUT2D eigenvalue weighted by atomic mass is 10.1. The Bertz CT molecular complexity index is 1370. The van der Waals surface area contributed by atoms with E-state index in [0.717, 1.165) is 70.0 Å². The minimum atomic E-state index is 0.620. The number of thiazole rings is 1. The highest BCUT2D eigenvalue weighted by Gasteiger charge is 2.22. The Morgan fingerprint density at radius 2 is 2.00 bits per heavy atom. The number of morpholine rings is 1. The van der Waals surface area contributed by atoms with Crippen LogP contribution in [0.4, 0.5) is 5.82 Å². The zero-order valence-corrected chi connectivity index (χ0v) is 18.2. The van der Waals surface area contributed by atoms with Crippen molar-refractivity contribution in [1.82, 2.24) is 34.8 Å². The van der Waals surface area contributed by atoms with E-state index in [-0.39, 0.29) is 0 Å². The molecule has 1 aliphatic heterocycles. The molecule has 0 aromatic carbocycles. The van der Waals surface area contributed by atoms with E-state index in [0.29, 0.717) is 5.82 Å². The molecular weight excluding hydrogens is 424 g/mol. The predicted octanol–water partition coefficient (Wildman–Crippen LogP) is 3.45. The first-order valence-corrected chi connectivity index (χ1v) is 11.2. The second kappa shape index (κ2) is 7.81. The molecule has 0 bridgehead atoms. The molecule has 1 fully saturated rings. The lowest BCUT2D eigenvalue weighted by Gasteiger charge is -2.27. The smallest absolute Gasteiger partial charge is 0.193 e. The molecular formula is C22H20N8OS. The van der Waals surface area contributed by atoms with Gasteiger partial charge < -0.3 is 9.64 Å². The van der Waals surface area contributed by atoms with Crippen molar-refractivity contribution in [1.29, 1.82) is 0 Å². The summed E-state index contributed by atoms with van der Waals surface area (Å²) < 4.78 is 7.33. The van der Waals surface area contributed by atoms with Crippen LogP contribution in [0.25, 0.3) is 38.0 Å². The zero-order chi connectivity index (χ0) is 21.5. The third-order valence-corrected chi connectivity index (χ3v) is 6.60. The first-order valence-electron chi connectivity index (χ1n) is 10.4. The van der Waals surface area contributed by atoms with Crippen molar-refractivity contribution in [3.05, 3.63) is 54.7 Å². The van der Waals surface area contributed by atoms with Gasteiger partial charge in [0.1, 0.15) is 22.0 Å². The molecule has 10 heteroatoms. The highest BCUT2D eigenvalue weighted by Crippen LogP contribution is 2.41. The van der Waals surface area contributed by atoms with Crippen molar-refractivity contribution < 1.29 is 4.74 Å². The average molecular weight is 445 g/mol. The highest BCUT2D eigenvalue weighted by molar-refractivity contribution is 7.19. The van der Waals surface area contributed by atoms with Crippen LogP contribution in [0.15, 0.2) is 49.1 Å². The molecule has 5 aromatic rings. The maximum atomic E-state index is 5.45. The van der Waals surface area contributed by atoms with Gasteiger partial charge in [-0.1, -0.05) is 6.07 Å². The van der Waals surface area contributed by atoms with Crippen LogP contribution in [-0.4, -0.2) is 61.1 Å². The number of H-pyrrole nitrogens is 1. The molecule has 0 radical (unpaired) electrons. The first-order chi connectivity index (χ1) is 15.8. The van der Waals surface area contributed by atoms with Gasteiger partial charge in [-0.2, -0.15) is 10.2 Å². The summed E-state index contributed by atoms with van der Waals surface area (Å²) in [6.07, 6.45) is 5.41. The van der Waals surface area contributed by atoms with E-state index in [2.05, 4.69) is 37.3 Å². The molecule has 6 rings (SSSR count). The van der Waals surface area contributed by atoms with Gasteiger partial charge in [0.25, 0.3) is 0 Å². The van der Waals surface area contributed by atoms with E-state index in [4.69, 9.17) is 14.7 Å². The number of aromatic nitrogens is 7. The van der Waals surface area contributed by atoms with Crippen LogP contribution in [0.5, 0.6) is 0 Å². The lowest BCUT2D eigenvalue weighted by Crippen LogP contribution is -2.36. The van der Waals surface area contributed by atoms with Gasteiger partial charge in [-0.05, 0) is 31.2 Å². The summed E-state index contributed by atoms with van der Waals surface area (Å²) in [6, 6.07) is 10.1. The third kappa shape index (κ3) is 3.24. The molecule has 0 aliphatic carbocycles. The number of aromatic amines is 1. The SMILES string of the molecule is Cc1nn2ccccc2c1-c1nc(-c2ccc(N3CCOCC3)nc2)c(-c2nc[nH]n2)s1. The van der Waals surface area contributed by atoms with Gasteiger partial charge in [-0.25, -0.2) is 19.5 Å². The molecule has 32 heavy (non-hydrogen) atoms. The monoisotopic (exact) mass is 444 g/mol. The third-order valence-electron chi connectivity index (χ3n) is 5.53. The quantitative estimate of drug-likeness (QED) is 0.453. The van der Waals surface area contributed by atoms with Crippen molar-refractivity contribution in [2.24, 2.45) is 0 Å². The van der Waals surface area contributed by atoms with Crippen molar-refractivity contribution in [2.45, 2.75) is 6.92 Å². The van der Waals surface area contributed by atoms with Crippen LogP contribution in [0.1, 0.15) is 5.69 Å². The van der Waals surface area contributed by atoms with E-state index >= 15 is 0 Å². The summed E-state index contributed by atoms with van der Waals surface area (Å²) in [5.41, 5.74) is 4.72. The molecule has 6 heterocycles. The molecule has 160 valence electrons. The molecule has 9 nitrogen and oxygen atoms in total. The van der Waals surface area contributed by atoms with Gasteiger partial charge in [-0.15, -0.1) is 11.3 Å². The van der Waals surface area contributed by atoms with Gasteiger partial charge in [0.15, 0.2) is 5.82 Å². The maximum absolute atomic E-state index is 5.45.